The highest BCUT2D eigenvalue weighted by atomic mass is 16.6. The van der Waals surface area contributed by atoms with Crippen LogP contribution in [0, 0.1) is 10.1 Å². The van der Waals surface area contributed by atoms with E-state index in [1.54, 1.807) is 12.1 Å². The molecule has 0 saturated heterocycles. The first-order valence-electron chi connectivity index (χ1n) is 3.12. The van der Waals surface area contributed by atoms with Gasteiger partial charge < -0.3 is 5.73 Å². The molecule has 11 heavy (non-hydrogen) atoms. The summed E-state index contributed by atoms with van der Waals surface area (Å²) >= 11 is 0. The molecule has 1 aromatic rings. The third kappa shape index (κ3) is 1.49. The van der Waals surface area contributed by atoms with Gasteiger partial charge in [-0.15, -0.1) is 0 Å². The van der Waals surface area contributed by atoms with Crippen molar-refractivity contribution < 1.29 is 4.92 Å². The molecule has 0 aliphatic rings. The van der Waals surface area contributed by atoms with Crippen LogP contribution < -0.4 is 11.2 Å². The number of rotatable bonds is 1. The molecule has 0 radical (unpaired) electrons. The highest BCUT2D eigenvalue weighted by Crippen LogP contribution is 2.17. The number of anilines is 1. The molecule has 0 atom stereocenters. The van der Waals surface area contributed by atoms with Gasteiger partial charge in [-0.2, -0.15) is 0 Å². The van der Waals surface area contributed by atoms with E-state index in [9.17, 15) is 10.1 Å². The smallest absolute Gasteiger partial charge is 0.292 e. The molecule has 0 fully saturated rings. The number of nitrogens with zero attached hydrogens (tertiary/aromatic N) is 1. The fraction of sp³-hybridized carbons (Fsp3) is 0. The number of nitro groups is 1. The molecule has 4 nitrogen and oxygen atoms in total. The van der Waals surface area contributed by atoms with E-state index in [-0.39, 0.29) is 11.4 Å². The molecule has 0 aliphatic carbocycles. The molecule has 1 aromatic carbocycles. The van der Waals surface area contributed by atoms with Gasteiger partial charge >= 0.3 is 0 Å². The lowest BCUT2D eigenvalue weighted by Crippen LogP contribution is -2.05. The van der Waals surface area contributed by atoms with Crippen LogP contribution in [0.4, 0.5) is 11.4 Å². The Kier molecular flexibility index (Phi) is 1.80. The van der Waals surface area contributed by atoms with Gasteiger partial charge in [0.25, 0.3) is 5.69 Å². The van der Waals surface area contributed by atoms with Crippen molar-refractivity contribution in [2.24, 2.45) is 0 Å². The molecular weight excluding hydrogens is 143 g/mol. The summed E-state index contributed by atoms with van der Waals surface area (Å²) in [6, 6.07) is 4.65. The monoisotopic (exact) mass is 150 g/mol. The maximum absolute atomic E-state index is 10.3. The van der Waals surface area contributed by atoms with Crippen molar-refractivity contribution >= 4 is 24.7 Å². The van der Waals surface area contributed by atoms with Crippen molar-refractivity contribution in [1.29, 1.82) is 0 Å². The van der Waals surface area contributed by atoms with Crippen LogP contribution in [-0.2, 0) is 0 Å². The first kappa shape index (κ1) is 7.59. The summed E-state index contributed by atoms with van der Waals surface area (Å²) in [6.45, 7) is 0. The molecule has 1 rings (SSSR count). The highest BCUT2D eigenvalue weighted by molar-refractivity contribution is 6.32. The Bertz CT molecular complexity index is 301. The lowest BCUT2D eigenvalue weighted by molar-refractivity contribution is -0.383. The minimum Gasteiger partial charge on any atom is -0.393 e. The zero-order valence-corrected chi connectivity index (χ0v) is 6.07. The lowest BCUT2D eigenvalue weighted by atomic mass is 9.95. The maximum atomic E-state index is 10.3. The molecule has 0 aliphatic heterocycles. The standard InChI is InChI=1S/C6H7BN2O2/c7-4-1-2-6(9(10)11)5(8)3-4/h1-3H,7-8H2. The molecule has 0 unspecified atom stereocenters. The van der Waals surface area contributed by atoms with Gasteiger partial charge in [0.2, 0.25) is 0 Å². The van der Waals surface area contributed by atoms with Crippen molar-refractivity contribution in [2.75, 3.05) is 5.73 Å². The van der Waals surface area contributed by atoms with Gasteiger partial charge in [-0.3, -0.25) is 10.1 Å². The van der Waals surface area contributed by atoms with Crippen molar-refractivity contribution in [2.45, 2.75) is 0 Å². The highest BCUT2D eigenvalue weighted by Gasteiger charge is 2.08. The lowest BCUT2D eigenvalue weighted by Gasteiger charge is -1.96. The number of nitrogen functional groups attached to an aromatic ring is 1. The van der Waals surface area contributed by atoms with Gasteiger partial charge in [-0.05, 0) is 6.07 Å². The van der Waals surface area contributed by atoms with Crippen LogP contribution in [0.1, 0.15) is 0 Å². The minimum absolute atomic E-state index is 0.0319. The summed E-state index contributed by atoms with van der Waals surface area (Å²) in [7, 11) is 1.83. The average Bonchev–Trinajstić information content (AvgIpc) is 1.85. The Hall–Kier alpha value is -1.52. The summed E-state index contributed by atoms with van der Waals surface area (Å²) in [5, 5.41) is 10.3. The van der Waals surface area contributed by atoms with E-state index in [0.717, 1.165) is 5.46 Å². The van der Waals surface area contributed by atoms with Gasteiger partial charge in [0.15, 0.2) is 0 Å². The number of nitro benzene ring substituents is 1. The number of nitrogens with two attached hydrogens (primary N) is 1. The minimum atomic E-state index is -0.491. The number of hydrogen-bond donors (Lipinski definition) is 1. The quantitative estimate of drug-likeness (QED) is 0.252. The van der Waals surface area contributed by atoms with E-state index in [1.165, 1.54) is 6.07 Å². The second kappa shape index (κ2) is 2.61. The van der Waals surface area contributed by atoms with Gasteiger partial charge in [0, 0.05) is 6.07 Å². The van der Waals surface area contributed by atoms with Crippen LogP contribution in [-0.4, -0.2) is 12.8 Å². The van der Waals surface area contributed by atoms with E-state index in [4.69, 9.17) is 5.73 Å². The van der Waals surface area contributed by atoms with Crippen LogP contribution in [0.5, 0.6) is 0 Å². The second-order valence-corrected chi connectivity index (χ2v) is 2.32. The fourth-order valence-corrected chi connectivity index (χ4v) is 0.840. The van der Waals surface area contributed by atoms with Crippen molar-refractivity contribution in [3.05, 3.63) is 28.3 Å². The molecule has 56 valence electrons. The summed E-state index contributed by atoms with van der Waals surface area (Å²) in [4.78, 5) is 9.77. The zero-order valence-electron chi connectivity index (χ0n) is 6.07. The molecule has 2 N–H and O–H groups in total. The van der Waals surface area contributed by atoms with Crippen LogP contribution in [0.3, 0.4) is 0 Å². The fourth-order valence-electron chi connectivity index (χ4n) is 0.840. The van der Waals surface area contributed by atoms with Crippen molar-refractivity contribution in [1.82, 2.24) is 0 Å². The molecule has 0 aromatic heterocycles. The maximum Gasteiger partial charge on any atom is 0.292 e. The van der Waals surface area contributed by atoms with E-state index >= 15 is 0 Å². The largest absolute Gasteiger partial charge is 0.393 e. The third-order valence-electron chi connectivity index (χ3n) is 1.38. The SMILES string of the molecule is Bc1ccc([N+](=O)[O-])c(N)c1. The molecule has 5 heteroatoms. The summed E-state index contributed by atoms with van der Waals surface area (Å²) in [6.07, 6.45) is 0. The first-order chi connectivity index (χ1) is 5.11. The average molecular weight is 150 g/mol. The topological polar surface area (TPSA) is 69.2 Å². The van der Waals surface area contributed by atoms with Gasteiger partial charge in [-0.25, -0.2) is 0 Å². The van der Waals surface area contributed by atoms with Gasteiger partial charge in [0.1, 0.15) is 13.5 Å². The van der Waals surface area contributed by atoms with Gasteiger partial charge in [-0.1, -0.05) is 11.5 Å². The Morgan fingerprint density at radius 1 is 1.55 bits per heavy atom. The molecule has 0 saturated carbocycles. The number of hydrogen-bond acceptors (Lipinski definition) is 3. The summed E-state index contributed by atoms with van der Waals surface area (Å²) < 4.78 is 0. The van der Waals surface area contributed by atoms with E-state index in [2.05, 4.69) is 0 Å². The molecule has 0 heterocycles. The molecule has 0 bridgehead atoms. The van der Waals surface area contributed by atoms with Crippen molar-refractivity contribution in [3.63, 3.8) is 0 Å². The predicted octanol–water partition coefficient (Wildman–Crippen LogP) is -0.565. The normalized spacial score (nSPS) is 9.45. The second-order valence-electron chi connectivity index (χ2n) is 2.32. The predicted molar refractivity (Wildman–Crippen MR) is 45.7 cm³/mol. The Morgan fingerprint density at radius 3 is 2.64 bits per heavy atom. The van der Waals surface area contributed by atoms with Crippen LogP contribution in [0.15, 0.2) is 18.2 Å². The van der Waals surface area contributed by atoms with E-state index in [1.807, 2.05) is 7.85 Å². The van der Waals surface area contributed by atoms with E-state index < -0.39 is 4.92 Å². The van der Waals surface area contributed by atoms with Crippen LogP contribution in [0.2, 0.25) is 0 Å². The number of benzene rings is 1. The zero-order chi connectivity index (χ0) is 8.43. The first-order valence-corrected chi connectivity index (χ1v) is 3.12. The van der Waals surface area contributed by atoms with Crippen molar-refractivity contribution in [3.8, 4) is 0 Å². The Labute approximate surface area is 64.6 Å². The van der Waals surface area contributed by atoms with Crippen LogP contribution in [0.25, 0.3) is 0 Å². The molecule has 0 amide bonds. The third-order valence-corrected chi connectivity index (χ3v) is 1.38. The van der Waals surface area contributed by atoms with Crippen LogP contribution >= 0.6 is 0 Å². The Morgan fingerprint density at radius 2 is 2.18 bits per heavy atom. The molecular formula is C6H7BN2O2. The van der Waals surface area contributed by atoms with E-state index in [0.29, 0.717) is 0 Å². The Balaban J connectivity index is 3.20. The summed E-state index contributed by atoms with van der Waals surface area (Å²) in [5.74, 6) is 0. The molecule has 0 spiro atoms. The van der Waals surface area contributed by atoms with Gasteiger partial charge in [0.05, 0.1) is 4.92 Å². The summed E-state index contributed by atoms with van der Waals surface area (Å²) in [5.41, 5.74) is 6.49.